The van der Waals surface area contributed by atoms with Gasteiger partial charge in [-0.25, -0.2) is 8.78 Å². The fraction of sp³-hybridized carbons (Fsp3) is 0.429. The van der Waals surface area contributed by atoms with E-state index in [1.807, 2.05) is 0 Å². The first-order valence-corrected chi connectivity index (χ1v) is 6.61. The molecule has 0 aromatic heterocycles. The molecule has 0 aliphatic carbocycles. The van der Waals surface area contributed by atoms with Gasteiger partial charge >= 0.3 is 0 Å². The Morgan fingerprint density at radius 3 is 2.62 bits per heavy atom. The Kier molecular flexibility index (Phi) is 4.52. The van der Waals surface area contributed by atoms with E-state index in [1.165, 1.54) is 11.8 Å². The Morgan fingerprint density at radius 1 is 1.43 bits per heavy atom. The molecule has 0 radical (unpaired) electrons. The van der Waals surface area contributed by atoms with Crippen LogP contribution in [0.2, 0.25) is 0 Å². The molecular formula is C14H16F2N2O3. The van der Waals surface area contributed by atoms with Gasteiger partial charge in [-0.1, -0.05) is 0 Å². The molecule has 1 saturated heterocycles. The zero-order chi connectivity index (χ0) is 15.6. The molecule has 114 valence electrons. The molecule has 1 aliphatic heterocycles. The number of carbonyl (C=O) groups is 2. The molecule has 2 unspecified atom stereocenters. The van der Waals surface area contributed by atoms with Crippen molar-refractivity contribution in [2.45, 2.75) is 19.4 Å². The Hall–Kier alpha value is -2.02. The summed E-state index contributed by atoms with van der Waals surface area (Å²) in [5.74, 6) is -3.43. The van der Waals surface area contributed by atoms with E-state index >= 15 is 0 Å². The molecule has 2 N–H and O–H groups in total. The van der Waals surface area contributed by atoms with Crippen LogP contribution in [0.25, 0.3) is 0 Å². The highest BCUT2D eigenvalue weighted by Gasteiger charge is 2.37. The number of nitrogens with zero attached hydrogens (tertiary/aromatic N) is 1. The summed E-state index contributed by atoms with van der Waals surface area (Å²) >= 11 is 0. The van der Waals surface area contributed by atoms with E-state index in [0.29, 0.717) is 0 Å². The van der Waals surface area contributed by atoms with Crippen molar-refractivity contribution in [3.8, 4) is 0 Å². The van der Waals surface area contributed by atoms with Gasteiger partial charge in [0, 0.05) is 24.8 Å². The molecule has 2 amide bonds. The lowest BCUT2D eigenvalue weighted by molar-refractivity contribution is -0.132. The molecule has 21 heavy (non-hydrogen) atoms. The van der Waals surface area contributed by atoms with Gasteiger partial charge in [-0.3, -0.25) is 9.59 Å². The largest absolute Gasteiger partial charge is 0.392 e. The van der Waals surface area contributed by atoms with Gasteiger partial charge in [0.1, 0.15) is 17.6 Å². The monoisotopic (exact) mass is 298 g/mol. The SMILES string of the molecule is CC(O)CNC(=O)C1CCN(c2cc(F)cc(F)c2)C1=O. The summed E-state index contributed by atoms with van der Waals surface area (Å²) in [4.78, 5) is 25.2. The van der Waals surface area contributed by atoms with E-state index in [2.05, 4.69) is 5.32 Å². The molecule has 2 atom stereocenters. The summed E-state index contributed by atoms with van der Waals surface area (Å²) in [6.07, 6.45) is -0.443. The first kappa shape index (κ1) is 15.4. The Labute approximate surface area is 120 Å². The quantitative estimate of drug-likeness (QED) is 0.808. The molecule has 0 saturated carbocycles. The van der Waals surface area contributed by atoms with Crippen LogP contribution < -0.4 is 10.2 Å². The molecule has 7 heteroatoms. The van der Waals surface area contributed by atoms with Crippen LogP contribution in [-0.4, -0.2) is 36.1 Å². The molecule has 2 rings (SSSR count). The number of hydrogen-bond donors (Lipinski definition) is 2. The Balaban J connectivity index is 2.09. The van der Waals surface area contributed by atoms with Crippen molar-refractivity contribution in [2.75, 3.05) is 18.0 Å². The maximum atomic E-state index is 13.2. The standard InChI is InChI=1S/C14H16F2N2O3/c1-8(19)7-17-13(20)12-2-3-18(14(12)21)11-5-9(15)4-10(16)6-11/h4-6,8,12,19H,2-3,7H2,1H3,(H,17,20). The van der Waals surface area contributed by atoms with Gasteiger partial charge in [0.25, 0.3) is 0 Å². The topological polar surface area (TPSA) is 69.6 Å². The first-order chi connectivity index (χ1) is 9.88. The van der Waals surface area contributed by atoms with Crippen LogP contribution in [0.15, 0.2) is 18.2 Å². The number of rotatable bonds is 4. The van der Waals surface area contributed by atoms with Crippen LogP contribution in [-0.2, 0) is 9.59 Å². The maximum absolute atomic E-state index is 13.2. The highest BCUT2D eigenvalue weighted by Crippen LogP contribution is 2.26. The fourth-order valence-corrected chi connectivity index (χ4v) is 2.25. The number of halogens is 2. The molecule has 1 aliphatic rings. The lowest BCUT2D eigenvalue weighted by Gasteiger charge is -2.17. The molecule has 1 heterocycles. The Bertz CT molecular complexity index is 543. The highest BCUT2D eigenvalue weighted by molar-refractivity contribution is 6.09. The second kappa shape index (κ2) is 6.17. The molecular weight excluding hydrogens is 282 g/mol. The van der Waals surface area contributed by atoms with Gasteiger partial charge < -0.3 is 15.3 Å². The van der Waals surface area contributed by atoms with Crippen LogP contribution in [0.5, 0.6) is 0 Å². The smallest absolute Gasteiger partial charge is 0.239 e. The first-order valence-electron chi connectivity index (χ1n) is 6.61. The molecule has 0 bridgehead atoms. The van der Waals surface area contributed by atoms with Crippen molar-refractivity contribution in [2.24, 2.45) is 5.92 Å². The van der Waals surface area contributed by atoms with Crippen molar-refractivity contribution in [3.05, 3.63) is 29.8 Å². The average molecular weight is 298 g/mol. The third kappa shape index (κ3) is 3.55. The average Bonchev–Trinajstić information content (AvgIpc) is 2.76. The second-order valence-electron chi connectivity index (χ2n) is 5.05. The summed E-state index contributed by atoms with van der Waals surface area (Å²) < 4.78 is 26.4. The molecule has 1 fully saturated rings. The van der Waals surface area contributed by atoms with E-state index in [4.69, 9.17) is 5.11 Å². The van der Waals surface area contributed by atoms with Crippen molar-refractivity contribution in [3.63, 3.8) is 0 Å². The van der Waals surface area contributed by atoms with Crippen LogP contribution in [0.4, 0.5) is 14.5 Å². The predicted octanol–water partition coefficient (Wildman–Crippen LogP) is 0.815. The summed E-state index contributed by atoms with van der Waals surface area (Å²) in [6, 6.07) is 2.82. The van der Waals surface area contributed by atoms with Crippen molar-refractivity contribution in [1.82, 2.24) is 5.32 Å². The van der Waals surface area contributed by atoms with Gasteiger partial charge in [0.2, 0.25) is 11.8 Å². The lowest BCUT2D eigenvalue weighted by Crippen LogP contribution is -2.39. The summed E-state index contributed by atoms with van der Waals surface area (Å²) in [6.45, 7) is 1.78. The van der Waals surface area contributed by atoms with Crippen LogP contribution in [0.3, 0.4) is 0 Å². The van der Waals surface area contributed by atoms with Crippen LogP contribution in [0, 0.1) is 17.6 Å². The molecule has 1 aromatic rings. The normalized spacial score (nSPS) is 19.7. The molecule has 5 nitrogen and oxygen atoms in total. The van der Waals surface area contributed by atoms with E-state index in [-0.39, 0.29) is 25.2 Å². The number of nitrogens with one attached hydrogen (secondary N) is 1. The third-order valence-electron chi connectivity index (χ3n) is 3.25. The van der Waals surface area contributed by atoms with Gasteiger partial charge in [0.15, 0.2) is 0 Å². The number of amides is 2. The Morgan fingerprint density at radius 2 is 2.05 bits per heavy atom. The van der Waals surface area contributed by atoms with Crippen LogP contribution >= 0.6 is 0 Å². The number of benzene rings is 1. The van der Waals surface area contributed by atoms with Gasteiger partial charge in [-0.15, -0.1) is 0 Å². The second-order valence-corrected chi connectivity index (χ2v) is 5.05. The van der Waals surface area contributed by atoms with Gasteiger partial charge in [0.05, 0.1) is 6.10 Å². The number of carbonyl (C=O) groups excluding carboxylic acids is 2. The van der Waals surface area contributed by atoms with E-state index in [9.17, 15) is 18.4 Å². The highest BCUT2D eigenvalue weighted by atomic mass is 19.1. The van der Waals surface area contributed by atoms with Crippen LogP contribution in [0.1, 0.15) is 13.3 Å². The minimum atomic E-state index is -0.893. The summed E-state index contributed by atoms with van der Waals surface area (Å²) in [5.41, 5.74) is 0.100. The zero-order valence-corrected chi connectivity index (χ0v) is 11.5. The minimum absolute atomic E-state index is 0.0528. The number of anilines is 1. The van der Waals surface area contributed by atoms with Gasteiger partial charge in [-0.05, 0) is 25.5 Å². The molecule has 1 aromatic carbocycles. The third-order valence-corrected chi connectivity index (χ3v) is 3.25. The van der Waals surface area contributed by atoms with Crippen molar-refractivity contribution in [1.29, 1.82) is 0 Å². The van der Waals surface area contributed by atoms with Crippen molar-refractivity contribution >= 4 is 17.5 Å². The van der Waals surface area contributed by atoms with E-state index < -0.39 is 35.5 Å². The van der Waals surface area contributed by atoms with E-state index in [0.717, 1.165) is 18.2 Å². The van der Waals surface area contributed by atoms with Gasteiger partial charge in [-0.2, -0.15) is 0 Å². The fourth-order valence-electron chi connectivity index (χ4n) is 2.25. The minimum Gasteiger partial charge on any atom is -0.392 e. The van der Waals surface area contributed by atoms with E-state index in [1.54, 1.807) is 0 Å². The van der Waals surface area contributed by atoms with Crippen molar-refractivity contribution < 1.29 is 23.5 Å². The maximum Gasteiger partial charge on any atom is 0.239 e. The number of aliphatic hydroxyl groups excluding tert-OH is 1. The number of aliphatic hydroxyl groups is 1. The summed E-state index contributed by atoms with van der Waals surface area (Å²) in [5, 5.41) is 11.6. The predicted molar refractivity (Wildman–Crippen MR) is 71.5 cm³/mol. The lowest BCUT2D eigenvalue weighted by atomic mass is 10.1. The zero-order valence-electron chi connectivity index (χ0n) is 11.5. The number of hydrogen-bond acceptors (Lipinski definition) is 3. The summed E-state index contributed by atoms with van der Waals surface area (Å²) in [7, 11) is 0. The molecule has 0 spiro atoms.